The van der Waals surface area contributed by atoms with Gasteiger partial charge in [0.15, 0.2) is 5.82 Å². The van der Waals surface area contributed by atoms with Crippen molar-refractivity contribution >= 4 is 27.4 Å². The molecule has 2 aromatic rings. The van der Waals surface area contributed by atoms with Gasteiger partial charge in [-0.25, -0.2) is 0 Å². The fourth-order valence-electron chi connectivity index (χ4n) is 2.36. The molecule has 1 N–H and O–H groups in total. The van der Waals surface area contributed by atoms with Crippen LogP contribution in [0, 0.1) is 0 Å². The second kappa shape index (κ2) is 5.06. The number of anilines is 2. The van der Waals surface area contributed by atoms with Crippen molar-refractivity contribution in [3.8, 4) is 0 Å². The third kappa shape index (κ3) is 2.27. The monoisotopic (exact) mass is 337 g/mol. The van der Waals surface area contributed by atoms with Crippen LogP contribution in [-0.4, -0.2) is 27.9 Å². The van der Waals surface area contributed by atoms with Crippen LogP contribution in [0.1, 0.15) is 5.69 Å². The predicted molar refractivity (Wildman–Crippen MR) is 81.4 cm³/mol. The van der Waals surface area contributed by atoms with Gasteiger partial charge in [-0.1, -0.05) is 0 Å². The summed E-state index contributed by atoms with van der Waals surface area (Å²) in [4.78, 5) is 14.1. The molecule has 0 unspecified atom stereocenters. The van der Waals surface area contributed by atoms with E-state index in [1.165, 1.54) is 0 Å². The first-order valence-corrected chi connectivity index (χ1v) is 7.23. The number of aryl methyl sites for hydroxylation is 1. The van der Waals surface area contributed by atoms with Gasteiger partial charge in [0.05, 0.1) is 12.2 Å². The van der Waals surface area contributed by atoms with Gasteiger partial charge in [0, 0.05) is 43.9 Å². The van der Waals surface area contributed by atoms with Gasteiger partial charge in [-0.3, -0.25) is 9.48 Å². The molecule has 2 aromatic heterocycles. The van der Waals surface area contributed by atoms with E-state index in [2.05, 4.69) is 26.3 Å². The van der Waals surface area contributed by atoms with E-state index < -0.39 is 0 Å². The van der Waals surface area contributed by atoms with Crippen LogP contribution in [0.3, 0.4) is 0 Å². The van der Waals surface area contributed by atoms with Crippen LogP contribution in [0.2, 0.25) is 0 Å². The highest BCUT2D eigenvalue weighted by molar-refractivity contribution is 9.10. The Hall–Kier alpha value is -1.60. The lowest BCUT2D eigenvalue weighted by molar-refractivity contribution is 0.476. The molecular formula is C13H16BrN5O. The maximum absolute atomic E-state index is 12.2. The summed E-state index contributed by atoms with van der Waals surface area (Å²) in [5.41, 5.74) is 1.70. The molecule has 0 atom stereocenters. The molecule has 0 aromatic carbocycles. The van der Waals surface area contributed by atoms with Crippen LogP contribution in [0.25, 0.3) is 0 Å². The van der Waals surface area contributed by atoms with E-state index in [0.717, 1.165) is 35.6 Å². The van der Waals surface area contributed by atoms with Gasteiger partial charge in [0.1, 0.15) is 5.69 Å². The molecule has 0 saturated carbocycles. The van der Waals surface area contributed by atoms with Crippen LogP contribution in [0.4, 0.5) is 11.5 Å². The van der Waals surface area contributed by atoms with Crippen molar-refractivity contribution in [3.63, 3.8) is 0 Å². The van der Waals surface area contributed by atoms with E-state index in [4.69, 9.17) is 0 Å². The van der Waals surface area contributed by atoms with Crippen molar-refractivity contribution in [3.05, 3.63) is 38.9 Å². The lowest BCUT2D eigenvalue weighted by Crippen LogP contribution is -2.28. The van der Waals surface area contributed by atoms with E-state index in [-0.39, 0.29) is 5.56 Å². The molecule has 106 valence electrons. The minimum absolute atomic E-state index is 0.0419. The first-order valence-electron chi connectivity index (χ1n) is 6.43. The van der Waals surface area contributed by atoms with Gasteiger partial charge in [-0.2, -0.15) is 5.10 Å². The molecular weight excluding hydrogens is 322 g/mol. The summed E-state index contributed by atoms with van der Waals surface area (Å²) in [6.07, 6.45) is 1.75. The summed E-state index contributed by atoms with van der Waals surface area (Å²) in [5, 5.41) is 7.88. The van der Waals surface area contributed by atoms with Gasteiger partial charge >= 0.3 is 0 Å². The van der Waals surface area contributed by atoms with Crippen molar-refractivity contribution < 1.29 is 0 Å². The first kappa shape index (κ1) is 13.4. The summed E-state index contributed by atoms with van der Waals surface area (Å²) in [6.45, 7) is 2.60. The number of aromatic nitrogens is 3. The van der Waals surface area contributed by atoms with Crippen LogP contribution < -0.4 is 15.8 Å². The number of rotatable bonds is 2. The summed E-state index contributed by atoms with van der Waals surface area (Å²) in [6, 6.07) is 3.84. The number of fused-ring (bicyclic) bond motifs is 1. The molecule has 0 spiro atoms. The molecule has 1 aliphatic heterocycles. The molecule has 0 amide bonds. The number of hydrogen-bond acceptors (Lipinski definition) is 4. The number of nitrogens with zero attached hydrogens (tertiary/aromatic N) is 4. The normalized spacial score (nSPS) is 14.2. The fourth-order valence-corrected chi connectivity index (χ4v) is 2.88. The van der Waals surface area contributed by atoms with Gasteiger partial charge in [0.2, 0.25) is 0 Å². The SMILES string of the molecule is CN(c1cc2n(n1)CCNC2)c1cc(Br)cn(C)c1=O. The molecule has 0 bridgehead atoms. The predicted octanol–water partition coefficient (Wildman–Crippen LogP) is 1.22. The Bertz CT molecular complexity index is 682. The quantitative estimate of drug-likeness (QED) is 0.895. The van der Waals surface area contributed by atoms with E-state index in [1.807, 2.05) is 28.8 Å². The van der Waals surface area contributed by atoms with Crippen LogP contribution in [-0.2, 0) is 20.1 Å². The number of hydrogen-bond donors (Lipinski definition) is 1. The summed E-state index contributed by atoms with van der Waals surface area (Å²) < 4.78 is 4.42. The van der Waals surface area contributed by atoms with Gasteiger partial charge < -0.3 is 14.8 Å². The second-order valence-corrected chi connectivity index (χ2v) is 5.83. The Balaban J connectivity index is 2.02. The number of nitrogens with one attached hydrogen (secondary N) is 1. The highest BCUT2D eigenvalue weighted by Gasteiger charge is 2.17. The van der Waals surface area contributed by atoms with Crippen LogP contribution in [0.5, 0.6) is 0 Å². The molecule has 1 aliphatic rings. The van der Waals surface area contributed by atoms with Gasteiger partial charge in [-0.15, -0.1) is 0 Å². The van der Waals surface area contributed by atoms with Crippen LogP contribution >= 0.6 is 15.9 Å². The third-order valence-corrected chi connectivity index (χ3v) is 3.93. The maximum atomic E-state index is 12.2. The Morgan fingerprint density at radius 3 is 3.00 bits per heavy atom. The lowest BCUT2D eigenvalue weighted by atomic mass is 10.3. The van der Waals surface area contributed by atoms with Crippen molar-refractivity contribution in [1.82, 2.24) is 19.7 Å². The Morgan fingerprint density at radius 2 is 2.25 bits per heavy atom. The van der Waals surface area contributed by atoms with E-state index in [9.17, 15) is 4.79 Å². The fraction of sp³-hybridized carbons (Fsp3) is 0.385. The van der Waals surface area contributed by atoms with Crippen LogP contribution in [0.15, 0.2) is 27.6 Å². The number of halogens is 1. The van der Waals surface area contributed by atoms with E-state index >= 15 is 0 Å². The standard InChI is InChI=1S/C13H16BrN5O/c1-17-8-9(14)5-11(13(17)20)18(2)12-6-10-7-15-3-4-19(10)16-12/h5-6,8,15H,3-4,7H2,1-2H3. The number of pyridine rings is 1. The third-order valence-electron chi connectivity index (χ3n) is 3.49. The van der Waals surface area contributed by atoms with E-state index in [1.54, 1.807) is 17.8 Å². The largest absolute Gasteiger partial charge is 0.323 e. The zero-order chi connectivity index (χ0) is 14.3. The minimum atomic E-state index is -0.0419. The Kier molecular flexibility index (Phi) is 3.39. The maximum Gasteiger partial charge on any atom is 0.274 e. The highest BCUT2D eigenvalue weighted by atomic mass is 79.9. The molecule has 0 fully saturated rings. The van der Waals surface area contributed by atoms with Crippen molar-refractivity contribution in [1.29, 1.82) is 0 Å². The zero-order valence-electron chi connectivity index (χ0n) is 11.4. The molecule has 6 nitrogen and oxygen atoms in total. The first-order chi connectivity index (χ1) is 9.56. The highest BCUT2D eigenvalue weighted by Crippen LogP contribution is 2.23. The van der Waals surface area contributed by atoms with Gasteiger partial charge in [0.25, 0.3) is 5.56 Å². The molecule has 0 saturated heterocycles. The van der Waals surface area contributed by atoms with E-state index in [0.29, 0.717) is 5.69 Å². The molecule has 3 rings (SSSR count). The summed E-state index contributed by atoms with van der Waals surface area (Å²) in [7, 11) is 3.61. The molecule has 0 radical (unpaired) electrons. The Morgan fingerprint density at radius 1 is 1.45 bits per heavy atom. The van der Waals surface area contributed by atoms with Crippen molar-refractivity contribution in [2.45, 2.75) is 13.1 Å². The summed E-state index contributed by atoms with van der Waals surface area (Å²) >= 11 is 3.42. The van der Waals surface area contributed by atoms with Crippen molar-refractivity contribution in [2.24, 2.45) is 7.05 Å². The minimum Gasteiger partial charge on any atom is -0.323 e. The average Bonchev–Trinajstić information content (AvgIpc) is 2.86. The van der Waals surface area contributed by atoms with Gasteiger partial charge in [-0.05, 0) is 22.0 Å². The Labute approximate surface area is 125 Å². The average molecular weight is 338 g/mol. The summed E-state index contributed by atoms with van der Waals surface area (Å²) in [5.74, 6) is 0.791. The topological polar surface area (TPSA) is 55.1 Å². The molecule has 0 aliphatic carbocycles. The van der Waals surface area contributed by atoms with Crippen molar-refractivity contribution in [2.75, 3.05) is 18.5 Å². The lowest BCUT2D eigenvalue weighted by Gasteiger charge is -2.16. The molecule has 20 heavy (non-hydrogen) atoms. The zero-order valence-corrected chi connectivity index (χ0v) is 13.0. The molecule has 3 heterocycles. The second-order valence-electron chi connectivity index (χ2n) is 4.91. The smallest absolute Gasteiger partial charge is 0.274 e. The molecule has 7 heteroatoms.